The molecule has 0 unspecified atom stereocenters. The lowest BCUT2D eigenvalue weighted by molar-refractivity contribution is 0.598. The van der Waals surface area contributed by atoms with Crippen LogP contribution in [0.4, 0.5) is 5.69 Å². The van der Waals surface area contributed by atoms with Crippen molar-refractivity contribution in [3.63, 3.8) is 0 Å². The van der Waals surface area contributed by atoms with Crippen molar-refractivity contribution in [2.45, 2.75) is 9.79 Å². The van der Waals surface area contributed by atoms with Crippen molar-refractivity contribution < 1.29 is 16.8 Å². The van der Waals surface area contributed by atoms with E-state index in [-0.39, 0.29) is 10.6 Å². The second-order valence-electron chi connectivity index (χ2n) is 4.28. The number of sulfone groups is 1. The van der Waals surface area contributed by atoms with Gasteiger partial charge in [0.2, 0.25) is 5.43 Å². The van der Waals surface area contributed by atoms with Gasteiger partial charge in [0.15, 0.2) is 14.7 Å². The van der Waals surface area contributed by atoms with Gasteiger partial charge in [-0.2, -0.15) is 0 Å². The molecule has 21 heavy (non-hydrogen) atoms. The molecule has 1 aromatic carbocycles. The number of aromatic amines is 1. The molecule has 1 aromatic heterocycles. The van der Waals surface area contributed by atoms with Crippen LogP contribution in [0.25, 0.3) is 0 Å². The highest BCUT2D eigenvalue weighted by Crippen LogP contribution is 2.18. The highest BCUT2D eigenvalue weighted by Gasteiger charge is 2.18. The maximum absolute atomic E-state index is 12.1. The Balaban J connectivity index is 2.43. The van der Waals surface area contributed by atoms with Crippen LogP contribution in [0.5, 0.6) is 0 Å². The normalized spacial score (nSPS) is 12.0. The van der Waals surface area contributed by atoms with Gasteiger partial charge in [0, 0.05) is 24.7 Å². The summed E-state index contributed by atoms with van der Waals surface area (Å²) in [5.41, 5.74) is -0.610. The zero-order valence-corrected chi connectivity index (χ0v) is 12.5. The summed E-state index contributed by atoms with van der Waals surface area (Å²) in [5.74, 6) is 0. The summed E-state index contributed by atoms with van der Waals surface area (Å²) < 4.78 is 49.3. The number of pyridine rings is 1. The topological polar surface area (TPSA) is 113 Å². The van der Waals surface area contributed by atoms with Crippen LogP contribution in [0.1, 0.15) is 0 Å². The minimum atomic E-state index is -4.09. The van der Waals surface area contributed by atoms with Crippen molar-refractivity contribution in [2.24, 2.45) is 0 Å². The van der Waals surface area contributed by atoms with Gasteiger partial charge in [0.1, 0.15) is 0 Å². The highest BCUT2D eigenvalue weighted by molar-refractivity contribution is 7.92. The van der Waals surface area contributed by atoms with Crippen molar-refractivity contribution in [1.29, 1.82) is 0 Å². The van der Waals surface area contributed by atoms with Crippen LogP contribution in [-0.4, -0.2) is 28.1 Å². The van der Waals surface area contributed by atoms with Gasteiger partial charge in [-0.3, -0.25) is 9.52 Å². The predicted molar refractivity (Wildman–Crippen MR) is 77.4 cm³/mol. The Morgan fingerprint density at radius 2 is 1.81 bits per heavy atom. The van der Waals surface area contributed by atoms with Gasteiger partial charge >= 0.3 is 0 Å². The van der Waals surface area contributed by atoms with Crippen molar-refractivity contribution in [2.75, 3.05) is 11.0 Å². The van der Waals surface area contributed by atoms with Gasteiger partial charge in [-0.15, -0.1) is 0 Å². The van der Waals surface area contributed by atoms with Crippen LogP contribution in [0.3, 0.4) is 0 Å². The highest BCUT2D eigenvalue weighted by atomic mass is 32.2. The standard InChI is InChI=1S/C12H12N2O5S2/c1-20(16,17)10-4-2-3-9(7-10)14-21(18,19)12-8-13-6-5-11(12)15/h2-8,14H,1H3,(H,13,15). The number of rotatable bonds is 4. The molecule has 0 saturated carbocycles. The first-order chi connectivity index (χ1) is 9.70. The van der Waals surface area contributed by atoms with Gasteiger partial charge in [-0.05, 0) is 18.2 Å². The summed E-state index contributed by atoms with van der Waals surface area (Å²) in [5, 5.41) is 0. The third-order valence-corrected chi connectivity index (χ3v) is 5.10. The monoisotopic (exact) mass is 328 g/mol. The fraction of sp³-hybridized carbons (Fsp3) is 0.0833. The van der Waals surface area contributed by atoms with E-state index in [1.807, 2.05) is 0 Å². The molecule has 0 radical (unpaired) electrons. The van der Waals surface area contributed by atoms with Crippen molar-refractivity contribution in [1.82, 2.24) is 4.98 Å². The lowest BCUT2D eigenvalue weighted by Crippen LogP contribution is -2.21. The molecular formula is C12H12N2O5S2. The Labute approximate surface area is 121 Å². The molecule has 112 valence electrons. The molecule has 2 aromatic rings. The van der Waals surface area contributed by atoms with Gasteiger partial charge in [-0.1, -0.05) is 6.07 Å². The van der Waals surface area contributed by atoms with Crippen molar-refractivity contribution in [3.05, 3.63) is 52.9 Å². The number of hydrogen-bond donors (Lipinski definition) is 2. The summed E-state index contributed by atoms with van der Waals surface area (Å²) in [6.07, 6.45) is 3.39. The van der Waals surface area contributed by atoms with Gasteiger partial charge in [0.25, 0.3) is 10.0 Å². The molecule has 1 heterocycles. The molecule has 7 nitrogen and oxygen atoms in total. The first-order valence-electron chi connectivity index (χ1n) is 5.70. The molecule has 0 aliphatic rings. The second-order valence-corrected chi connectivity index (χ2v) is 7.94. The molecule has 0 spiro atoms. The molecule has 0 aliphatic heterocycles. The summed E-state index contributed by atoms with van der Waals surface area (Å²) >= 11 is 0. The Morgan fingerprint density at radius 3 is 2.43 bits per heavy atom. The summed E-state index contributed by atoms with van der Waals surface area (Å²) in [6, 6.07) is 6.42. The van der Waals surface area contributed by atoms with Crippen LogP contribution in [0.2, 0.25) is 0 Å². The third kappa shape index (κ3) is 3.50. The van der Waals surface area contributed by atoms with E-state index in [1.165, 1.54) is 30.5 Å². The largest absolute Gasteiger partial charge is 0.366 e. The molecule has 2 N–H and O–H groups in total. The number of benzene rings is 1. The zero-order chi connectivity index (χ0) is 15.7. The fourth-order valence-corrected chi connectivity index (χ4v) is 3.38. The SMILES string of the molecule is CS(=O)(=O)c1cccc(NS(=O)(=O)c2c[nH]ccc2=O)c1. The molecule has 0 bridgehead atoms. The van der Waals surface area contributed by atoms with Gasteiger partial charge in [0.05, 0.1) is 10.6 Å². The second kappa shape index (κ2) is 5.34. The van der Waals surface area contributed by atoms with Crippen LogP contribution in [0, 0.1) is 0 Å². The molecule has 2 rings (SSSR count). The van der Waals surface area contributed by atoms with Crippen LogP contribution < -0.4 is 10.2 Å². The summed E-state index contributed by atoms with van der Waals surface area (Å²) in [7, 11) is -7.55. The zero-order valence-electron chi connectivity index (χ0n) is 10.9. The Bertz CT molecular complexity index is 930. The van der Waals surface area contributed by atoms with Crippen LogP contribution in [0.15, 0.2) is 57.3 Å². The van der Waals surface area contributed by atoms with Crippen LogP contribution >= 0.6 is 0 Å². The van der Waals surface area contributed by atoms with E-state index in [4.69, 9.17) is 0 Å². The predicted octanol–water partition coefficient (Wildman–Crippen LogP) is 0.579. The molecule has 0 aliphatic carbocycles. The molecule has 0 atom stereocenters. The molecule has 0 saturated heterocycles. The number of H-pyrrole nitrogens is 1. The smallest absolute Gasteiger partial charge is 0.267 e. The third-order valence-electron chi connectivity index (χ3n) is 2.59. The fourth-order valence-electron chi connectivity index (χ4n) is 1.61. The Hall–Kier alpha value is -2.13. The van der Waals surface area contributed by atoms with E-state index in [2.05, 4.69) is 9.71 Å². The van der Waals surface area contributed by atoms with E-state index < -0.39 is 30.2 Å². The van der Waals surface area contributed by atoms with Crippen molar-refractivity contribution in [3.8, 4) is 0 Å². The quantitative estimate of drug-likeness (QED) is 0.852. The first kappa shape index (κ1) is 15.3. The van der Waals surface area contributed by atoms with E-state index in [1.54, 1.807) is 0 Å². The van der Waals surface area contributed by atoms with E-state index >= 15 is 0 Å². The van der Waals surface area contributed by atoms with Crippen LogP contribution in [-0.2, 0) is 19.9 Å². The van der Waals surface area contributed by atoms with E-state index in [0.717, 1.165) is 18.5 Å². The molecular weight excluding hydrogens is 316 g/mol. The Kier molecular flexibility index (Phi) is 3.88. The number of nitrogens with one attached hydrogen (secondary N) is 2. The van der Waals surface area contributed by atoms with Gasteiger partial charge < -0.3 is 4.98 Å². The molecule has 0 amide bonds. The lowest BCUT2D eigenvalue weighted by Gasteiger charge is -2.08. The minimum Gasteiger partial charge on any atom is -0.366 e. The average Bonchev–Trinajstić information content (AvgIpc) is 2.37. The van der Waals surface area contributed by atoms with E-state index in [0.29, 0.717) is 0 Å². The number of hydrogen-bond acceptors (Lipinski definition) is 5. The average molecular weight is 328 g/mol. The first-order valence-corrected chi connectivity index (χ1v) is 9.08. The number of sulfonamides is 1. The minimum absolute atomic E-state index is 0.0235. The van der Waals surface area contributed by atoms with Crippen molar-refractivity contribution >= 4 is 25.5 Å². The summed E-state index contributed by atoms with van der Waals surface area (Å²) in [6.45, 7) is 0. The summed E-state index contributed by atoms with van der Waals surface area (Å²) in [4.78, 5) is 13.6. The van der Waals surface area contributed by atoms with E-state index in [9.17, 15) is 21.6 Å². The number of aromatic nitrogens is 1. The molecule has 0 fully saturated rings. The maximum Gasteiger partial charge on any atom is 0.267 e. The molecule has 9 heteroatoms. The Morgan fingerprint density at radius 1 is 1.10 bits per heavy atom. The maximum atomic E-state index is 12.1. The van der Waals surface area contributed by atoms with Gasteiger partial charge in [-0.25, -0.2) is 16.8 Å². The number of anilines is 1. The lowest BCUT2D eigenvalue weighted by atomic mass is 10.3.